The van der Waals surface area contributed by atoms with Crippen LogP contribution in [-0.4, -0.2) is 26.1 Å². The van der Waals surface area contributed by atoms with Crippen LogP contribution in [0.2, 0.25) is 0 Å². The highest BCUT2D eigenvalue weighted by atomic mass is 16.5. The summed E-state index contributed by atoms with van der Waals surface area (Å²) in [5.74, 6) is 0.592. The fourth-order valence-corrected chi connectivity index (χ4v) is 2.32. The normalized spacial score (nSPS) is 10.1. The second-order valence-corrected chi connectivity index (χ2v) is 4.91. The summed E-state index contributed by atoms with van der Waals surface area (Å²) < 4.78 is 5.15. The Bertz CT molecular complexity index is 619. The molecular weight excluding hydrogens is 276 g/mol. The van der Waals surface area contributed by atoms with Crippen LogP contribution in [-0.2, 0) is 0 Å². The minimum Gasteiger partial charge on any atom is -0.497 e. The molecule has 2 aromatic carbocycles. The number of nitrogens with one attached hydrogen (secondary N) is 1. The SMILES string of the molecule is CCN(CC)c1ccc(C(=O)Nc2cccc(OC)c2)cc1. The summed E-state index contributed by atoms with van der Waals surface area (Å²) in [6.07, 6.45) is 0. The molecule has 0 aromatic heterocycles. The molecule has 4 heteroatoms. The zero-order chi connectivity index (χ0) is 15.9. The molecule has 0 aliphatic rings. The number of methoxy groups -OCH3 is 1. The maximum Gasteiger partial charge on any atom is 0.255 e. The maximum atomic E-state index is 12.3. The first kappa shape index (κ1) is 15.9. The monoisotopic (exact) mass is 298 g/mol. The number of amides is 1. The molecule has 0 bridgehead atoms. The minimum absolute atomic E-state index is 0.126. The number of hydrogen-bond donors (Lipinski definition) is 1. The first-order chi connectivity index (χ1) is 10.7. The molecule has 0 unspecified atom stereocenters. The van der Waals surface area contributed by atoms with E-state index in [4.69, 9.17) is 4.74 Å². The van der Waals surface area contributed by atoms with Crippen molar-refractivity contribution in [1.29, 1.82) is 0 Å². The molecule has 4 nitrogen and oxygen atoms in total. The van der Waals surface area contributed by atoms with Crippen LogP contribution in [0.1, 0.15) is 24.2 Å². The Labute approximate surface area is 131 Å². The zero-order valence-corrected chi connectivity index (χ0v) is 13.3. The fraction of sp³-hybridized carbons (Fsp3) is 0.278. The third kappa shape index (κ3) is 3.79. The lowest BCUT2D eigenvalue weighted by Gasteiger charge is -2.21. The molecule has 116 valence electrons. The summed E-state index contributed by atoms with van der Waals surface area (Å²) in [7, 11) is 1.60. The van der Waals surface area contributed by atoms with Gasteiger partial charge in [0.1, 0.15) is 5.75 Å². The van der Waals surface area contributed by atoms with E-state index in [1.807, 2.05) is 42.5 Å². The van der Waals surface area contributed by atoms with Gasteiger partial charge in [0.15, 0.2) is 0 Å². The van der Waals surface area contributed by atoms with Crippen molar-refractivity contribution in [3.8, 4) is 5.75 Å². The third-order valence-electron chi connectivity index (χ3n) is 3.59. The van der Waals surface area contributed by atoms with Gasteiger partial charge in [0.25, 0.3) is 5.91 Å². The predicted octanol–water partition coefficient (Wildman–Crippen LogP) is 3.79. The van der Waals surface area contributed by atoms with Gasteiger partial charge in [-0.1, -0.05) is 6.07 Å². The molecular formula is C18H22N2O2. The number of hydrogen-bond acceptors (Lipinski definition) is 3. The van der Waals surface area contributed by atoms with Crippen LogP contribution in [0.5, 0.6) is 5.75 Å². The third-order valence-corrected chi connectivity index (χ3v) is 3.59. The van der Waals surface area contributed by atoms with Crippen LogP contribution in [0.3, 0.4) is 0 Å². The first-order valence-electron chi connectivity index (χ1n) is 7.48. The molecule has 0 fully saturated rings. The van der Waals surface area contributed by atoms with E-state index in [1.54, 1.807) is 13.2 Å². The van der Waals surface area contributed by atoms with E-state index in [0.717, 1.165) is 30.2 Å². The smallest absolute Gasteiger partial charge is 0.255 e. The van der Waals surface area contributed by atoms with Crippen molar-refractivity contribution in [2.24, 2.45) is 0 Å². The number of rotatable bonds is 6. The summed E-state index contributed by atoms with van der Waals surface area (Å²) in [6, 6.07) is 15.0. The zero-order valence-electron chi connectivity index (χ0n) is 13.3. The number of carbonyl (C=O) groups is 1. The highest BCUT2D eigenvalue weighted by Crippen LogP contribution is 2.19. The molecule has 0 saturated carbocycles. The first-order valence-corrected chi connectivity index (χ1v) is 7.48. The number of nitrogens with zero attached hydrogens (tertiary/aromatic N) is 1. The molecule has 0 aliphatic heterocycles. The summed E-state index contributed by atoms with van der Waals surface area (Å²) >= 11 is 0. The summed E-state index contributed by atoms with van der Waals surface area (Å²) in [5, 5.41) is 2.88. The largest absolute Gasteiger partial charge is 0.497 e. The number of anilines is 2. The Kier molecular flexibility index (Phi) is 5.42. The molecule has 0 radical (unpaired) electrons. The van der Waals surface area contributed by atoms with Gasteiger partial charge in [-0.3, -0.25) is 4.79 Å². The van der Waals surface area contributed by atoms with Gasteiger partial charge >= 0.3 is 0 Å². The van der Waals surface area contributed by atoms with Crippen LogP contribution in [0.25, 0.3) is 0 Å². The Hall–Kier alpha value is -2.49. The van der Waals surface area contributed by atoms with Crippen LogP contribution in [0.15, 0.2) is 48.5 Å². The van der Waals surface area contributed by atoms with Gasteiger partial charge in [-0.25, -0.2) is 0 Å². The van der Waals surface area contributed by atoms with Crippen molar-refractivity contribution in [3.05, 3.63) is 54.1 Å². The average molecular weight is 298 g/mol. The summed E-state index contributed by atoms with van der Waals surface area (Å²) in [6.45, 7) is 6.14. The fourth-order valence-electron chi connectivity index (χ4n) is 2.32. The van der Waals surface area contributed by atoms with E-state index < -0.39 is 0 Å². The lowest BCUT2D eigenvalue weighted by atomic mass is 10.1. The molecule has 1 N–H and O–H groups in total. The topological polar surface area (TPSA) is 41.6 Å². The van der Waals surface area contributed by atoms with E-state index in [9.17, 15) is 4.79 Å². The minimum atomic E-state index is -0.126. The van der Waals surface area contributed by atoms with E-state index in [-0.39, 0.29) is 5.91 Å². The van der Waals surface area contributed by atoms with Crippen molar-refractivity contribution in [1.82, 2.24) is 0 Å². The highest BCUT2D eigenvalue weighted by molar-refractivity contribution is 6.04. The Morgan fingerprint density at radius 1 is 1.09 bits per heavy atom. The van der Waals surface area contributed by atoms with Crippen LogP contribution in [0.4, 0.5) is 11.4 Å². The number of benzene rings is 2. The van der Waals surface area contributed by atoms with Crippen LogP contribution < -0.4 is 15.0 Å². The van der Waals surface area contributed by atoms with Gasteiger partial charge in [-0.15, -0.1) is 0 Å². The average Bonchev–Trinajstić information content (AvgIpc) is 2.56. The van der Waals surface area contributed by atoms with Crippen molar-refractivity contribution in [3.63, 3.8) is 0 Å². The highest BCUT2D eigenvalue weighted by Gasteiger charge is 2.08. The molecule has 2 rings (SSSR count). The van der Waals surface area contributed by atoms with Crippen molar-refractivity contribution in [2.45, 2.75) is 13.8 Å². The molecule has 1 amide bonds. The quantitative estimate of drug-likeness (QED) is 0.882. The summed E-state index contributed by atoms with van der Waals surface area (Å²) in [5.41, 5.74) is 2.49. The van der Waals surface area contributed by atoms with Crippen LogP contribution >= 0.6 is 0 Å². The van der Waals surface area contributed by atoms with Crippen molar-refractivity contribution in [2.75, 3.05) is 30.4 Å². The molecule has 2 aromatic rings. The predicted molar refractivity (Wildman–Crippen MR) is 91.0 cm³/mol. The molecule has 0 heterocycles. The number of ether oxygens (including phenoxy) is 1. The second-order valence-electron chi connectivity index (χ2n) is 4.91. The van der Waals surface area contributed by atoms with Gasteiger partial charge < -0.3 is 15.0 Å². The molecule has 0 saturated heterocycles. The van der Waals surface area contributed by atoms with E-state index in [1.165, 1.54) is 0 Å². The molecule has 0 spiro atoms. The van der Waals surface area contributed by atoms with Crippen molar-refractivity contribution >= 4 is 17.3 Å². The van der Waals surface area contributed by atoms with Gasteiger partial charge in [0.05, 0.1) is 7.11 Å². The second kappa shape index (κ2) is 7.50. The van der Waals surface area contributed by atoms with Crippen molar-refractivity contribution < 1.29 is 9.53 Å². The van der Waals surface area contributed by atoms with Gasteiger partial charge in [0, 0.05) is 36.1 Å². The van der Waals surface area contributed by atoms with Gasteiger partial charge in [-0.05, 0) is 50.2 Å². The lowest BCUT2D eigenvalue weighted by molar-refractivity contribution is 0.102. The molecule has 0 atom stereocenters. The molecule has 0 aliphatic carbocycles. The lowest BCUT2D eigenvalue weighted by Crippen LogP contribution is -2.21. The van der Waals surface area contributed by atoms with E-state index in [2.05, 4.69) is 24.1 Å². The summed E-state index contributed by atoms with van der Waals surface area (Å²) in [4.78, 5) is 14.5. The van der Waals surface area contributed by atoms with Crippen LogP contribution in [0, 0.1) is 0 Å². The maximum absolute atomic E-state index is 12.3. The van der Waals surface area contributed by atoms with E-state index in [0.29, 0.717) is 5.56 Å². The van der Waals surface area contributed by atoms with E-state index >= 15 is 0 Å². The van der Waals surface area contributed by atoms with Gasteiger partial charge in [-0.2, -0.15) is 0 Å². The Morgan fingerprint density at radius 2 is 1.77 bits per heavy atom. The number of carbonyl (C=O) groups excluding carboxylic acids is 1. The standard InChI is InChI=1S/C18H22N2O2/c1-4-20(5-2)16-11-9-14(10-12-16)18(21)19-15-7-6-8-17(13-15)22-3/h6-13H,4-5H2,1-3H3,(H,19,21). The Balaban J connectivity index is 2.09. The molecule has 22 heavy (non-hydrogen) atoms. The van der Waals surface area contributed by atoms with Gasteiger partial charge in [0.2, 0.25) is 0 Å². The Morgan fingerprint density at radius 3 is 2.36 bits per heavy atom.